The summed E-state index contributed by atoms with van der Waals surface area (Å²) in [5, 5.41) is 3.85. The number of carbonyl (C=O) groups is 1. The molecule has 31 heavy (non-hydrogen) atoms. The van der Waals surface area contributed by atoms with Crippen molar-refractivity contribution in [1.82, 2.24) is 9.55 Å². The van der Waals surface area contributed by atoms with E-state index in [2.05, 4.69) is 12.2 Å². The molecule has 0 radical (unpaired) electrons. The molecule has 0 saturated heterocycles. The molecule has 0 spiro atoms. The number of aryl methyl sites for hydroxylation is 3. The van der Waals surface area contributed by atoms with Crippen molar-refractivity contribution in [3.8, 4) is 5.69 Å². The van der Waals surface area contributed by atoms with Gasteiger partial charge < -0.3 is 5.32 Å². The number of anilines is 1. The molecule has 1 aromatic heterocycles. The summed E-state index contributed by atoms with van der Waals surface area (Å²) >= 11 is 2.88. The molecule has 0 saturated carbocycles. The highest BCUT2D eigenvalue weighted by molar-refractivity contribution is 8.00. The van der Waals surface area contributed by atoms with Gasteiger partial charge in [0.05, 0.1) is 22.0 Å². The summed E-state index contributed by atoms with van der Waals surface area (Å²) in [6.07, 6.45) is 0.770. The van der Waals surface area contributed by atoms with Crippen molar-refractivity contribution in [3.63, 3.8) is 0 Å². The zero-order chi connectivity index (χ0) is 22.1. The van der Waals surface area contributed by atoms with Crippen LogP contribution in [-0.2, 0) is 11.2 Å². The Hall–Kier alpha value is -2.51. The molecular weight excluding hydrogens is 426 g/mol. The van der Waals surface area contributed by atoms with E-state index >= 15 is 0 Å². The molecule has 5 nitrogen and oxygen atoms in total. The predicted molar refractivity (Wildman–Crippen MR) is 129 cm³/mol. The van der Waals surface area contributed by atoms with Crippen LogP contribution in [0.2, 0.25) is 0 Å². The van der Waals surface area contributed by atoms with Crippen LogP contribution < -0.4 is 10.9 Å². The first kappa shape index (κ1) is 21.7. The molecule has 0 fully saturated rings. The fraction of sp³-hybridized carbons (Fsp3) is 0.292. The maximum atomic E-state index is 13.3. The standard InChI is InChI=1S/C24H25N3O2S2/c1-14-5-8-18(9-6-14)27-23(29)22-20(12-17(4)31-22)26-24(27)30-13-21(28)25-19-10-7-15(2)11-16(19)3/h5-11,17H,12-13H2,1-4H3,(H,25,28). The van der Waals surface area contributed by atoms with Crippen molar-refractivity contribution in [2.45, 2.75) is 49.4 Å². The summed E-state index contributed by atoms with van der Waals surface area (Å²) in [6.45, 7) is 8.12. The van der Waals surface area contributed by atoms with Crippen molar-refractivity contribution in [1.29, 1.82) is 0 Å². The molecule has 160 valence electrons. The Kier molecular flexibility index (Phi) is 6.25. The van der Waals surface area contributed by atoms with Gasteiger partial charge in [-0.15, -0.1) is 11.8 Å². The topological polar surface area (TPSA) is 64.0 Å². The third-order valence-corrected chi connectivity index (χ3v) is 7.32. The molecule has 3 aromatic rings. The molecule has 1 N–H and O–H groups in total. The number of carbonyl (C=O) groups excluding carboxylic acids is 1. The Bertz CT molecular complexity index is 1200. The Morgan fingerprint density at radius 1 is 1.16 bits per heavy atom. The van der Waals surface area contributed by atoms with E-state index in [4.69, 9.17) is 4.98 Å². The van der Waals surface area contributed by atoms with E-state index in [9.17, 15) is 9.59 Å². The van der Waals surface area contributed by atoms with E-state index in [1.54, 1.807) is 16.3 Å². The number of thioether (sulfide) groups is 2. The van der Waals surface area contributed by atoms with Crippen LogP contribution in [0.1, 0.15) is 29.3 Å². The van der Waals surface area contributed by atoms with Crippen LogP contribution in [-0.4, -0.2) is 26.5 Å². The normalized spacial score (nSPS) is 15.0. The summed E-state index contributed by atoms with van der Waals surface area (Å²) in [5.41, 5.74) is 5.65. The lowest BCUT2D eigenvalue weighted by molar-refractivity contribution is -0.113. The second kappa shape index (κ2) is 8.93. The highest BCUT2D eigenvalue weighted by atomic mass is 32.2. The van der Waals surface area contributed by atoms with Crippen LogP contribution in [0, 0.1) is 20.8 Å². The Balaban J connectivity index is 1.62. The van der Waals surface area contributed by atoms with Crippen molar-refractivity contribution in [3.05, 3.63) is 75.2 Å². The lowest BCUT2D eigenvalue weighted by Crippen LogP contribution is -2.24. The Morgan fingerprint density at radius 2 is 1.87 bits per heavy atom. The van der Waals surface area contributed by atoms with E-state index in [1.807, 2.05) is 63.2 Å². The third-order valence-electron chi connectivity index (χ3n) is 5.16. The van der Waals surface area contributed by atoms with Gasteiger partial charge in [0, 0.05) is 17.4 Å². The van der Waals surface area contributed by atoms with Gasteiger partial charge in [-0.05, 0) is 44.5 Å². The molecular formula is C24H25N3O2S2. The maximum absolute atomic E-state index is 13.3. The molecule has 0 bridgehead atoms. The molecule has 7 heteroatoms. The van der Waals surface area contributed by atoms with Crippen molar-refractivity contribution in [2.75, 3.05) is 11.1 Å². The minimum atomic E-state index is -0.120. The van der Waals surface area contributed by atoms with Crippen LogP contribution in [0.5, 0.6) is 0 Å². The average Bonchev–Trinajstić information content (AvgIpc) is 3.10. The molecule has 1 aliphatic heterocycles. The second-order valence-electron chi connectivity index (χ2n) is 7.93. The van der Waals surface area contributed by atoms with E-state index in [0.717, 1.165) is 45.1 Å². The first-order valence-corrected chi connectivity index (χ1v) is 12.1. The zero-order valence-electron chi connectivity index (χ0n) is 18.1. The monoisotopic (exact) mass is 451 g/mol. The highest BCUT2D eigenvalue weighted by Crippen LogP contribution is 2.35. The van der Waals surface area contributed by atoms with Gasteiger partial charge in [0.2, 0.25) is 5.91 Å². The summed E-state index contributed by atoms with van der Waals surface area (Å²) < 4.78 is 1.64. The molecule has 1 amide bonds. The van der Waals surface area contributed by atoms with Crippen LogP contribution in [0.4, 0.5) is 5.69 Å². The number of amides is 1. The van der Waals surface area contributed by atoms with E-state index in [1.165, 1.54) is 11.8 Å². The molecule has 2 heterocycles. The SMILES string of the molecule is Cc1ccc(-n2c(SCC(=O)Nc3ccc(C)cc3C)nc3c(c2=O)SC(C)C3)cc1. The fourth-order valence-electron chi connectivity index (χ4n) is 3.59. The minimum absolute atomic E-state index is 0.0551. The first-order valence-electron chi connectivity index (χ1n) is 10.2. The number of hydrogen-bond donors (Lipinski definition) is 1. The maximum Gasteiger partial charge on any atom is 0.272 e. The Labute approximate surface area is 190 Å². The fourth-order valence-corrected chi connectivity index (χ4v) is 5.51. The van der Waals surface area contributed by atoms with E-state index in [0.29, 0.717) is 10.4 Å². The van der Waals surface area contributed by atoms with Crippen LogP contribution >= 0.6 is 23.5 Å². The van der Waals surface area contributed by atoms with Gasteiger partial charge in [-0.3, -0.25) is 14.2 Å². The van der Waals surface area contributed by atoms with Gasteiger partial charge >= 0.3 is 0 Å². The Morgan fingerprint density at radius 3 is 2.58 bits per heavy atom. The number of aromatic nitrogens is 2. The van der Waals surface area contributed by atoms with Gasteiger partial charge in [-0.1, -0.05) is 54.1 Å². The summed E-state index contributed by atoms with van der Waals surface area (Å²) in [7, 11) is 0. The number of fused-ring (bicyclic) bond motifs is 1. The smallest absolute Gasteiger partial charge is 0.272 e. The van der Waals surface area contributed by atoms with Crippen LogP contribution in [0.3, 0.4) is 0 Å². The van der Waals surface area contributed by atoms with Crippen LogP contribution in [0.25, 0.3) is 5.69 Å². The lowest BCUT2D eigenvalue weighted by Gasteiger charge is -2.14. The quantitative estimate of drug-likeness (QED) is 0.440. The van der Waals surface area contributed by atoms with Gasteiger partial charge in [0.15, 0.2) is 5.16 Å². The van der Waals surface area contributed by atoms with E-state index in [-0.39, 0.29) is 17.2 Å². The molecule has 1 aliphatic rings. The second-order valence-corrected chi connectivity index (χ2v) is 10.3. The van der Waals surface area contributed by atoms with Gasteiger partial charge in [0.25, 0.3) is 5.56 Å². The largest absolute Gasteiger partial charge is 0.325 e. The van der Waals surface area contributed by atoms with Crippen molar-refractivity contribution in [2.24, 2.45) is 0 Å². The molecule has 4 rings (SSSR count). The summed E-state index contributed by atoms with van der Waals surface area (Å²) in [6, 6.07) is 13.7. The number of benzene rings is 2. The molecule has 1 unspecified atom stereocenters. The molecule has 1 atom stereocenters. The van der Waals surface area contributed by atoms with Gasteiger partial charge in [0.1, 0.15) is 0 Å². The third kappa shape index (κ3) is 4.72. The first-order chi connectivity index (χ1) is 14.8. The number of nitrogens with one attached hydrogen (secondary N) is 1. The minimum Gasteiger partial charge on any atom is -0.325 e. The van der Waals surface area contributed by atoms with Gasteiger partial charge in [-0.2, -0.15) is 0 Å². The van der Waals surface area contributed by atoms with Crippen molar-refractivity contribution >= 4 is 35.1 Å². The highest BCUT2D eigenvalue weighted by Gasteiger charge is 2.27. The summed E-state index contributed by atoms with van der Waals surface area (Å²) in [4.78, 5) is 31.5. The summed E-state index contributed by atoms with van der Waals surface area (Å²) in [5.74, 6) is 0.0532. The van der Waals surface area contributed by atoms with Gasteiger partial charge in [-0.25, -0.2) is 4.98 Å². The average molecular weight is 452 g/mol. The van der Waals surface area contributed by atoms with Crippen molar-refractivity contribution < 1.29 is 4.79 Å². The number of nitrogens with zero attached hydrogens (tertiary/aromatic N) is 2. The lowest BCUT2D eigenvalue weighted by atomic mass is 10.1. The van der Waals surface area contributed by atoms with Crippen LogP contribution in [0.15, 0.2) is 57.3 Å². The van der Waals surface area contributed by atoms with E-state index < -0.39 is 0 Å². The molecule has 0 aliphatic carbocycles. The number of rotatable bonds is 5. The number of hydrogen-bond acceptors (Lipinski definition) is 5. The zero-order valence-corrected chi connectivity index (χ0v) is 19.7. The predicted octanol–water partition coefficient (Wildman–Crippen LogP) is 4.93. The molecule has 2 aromatic carbocycles.